The molecule has 1 fully saturated rings. The monoisotopic (exact) mass is 365 g/mol. The first kappa shape index (κ1) is 17.5. The SMILES string of the molecule is O=C(Oc1ccccc1F)c1cccc(S(=O)(=O)N2CCOCC2)c1. The van der Waals surface area contributed by atoms with E-state index < -0.39 is 21.8 Å². The lowest BCUT2D eigenvalue weighted by molar-refractivity contribution is 0.0724. The summed E-state index contributed by atoms with van der Waals surface area (Å²) in [6, 6.07) is 11.0. The summed E-state index contributed by atoms with van der Waals surface area (Å²) in [7, 11) is -3.73. The second-order valence-electron chi connectivity index (χ2n) is 5.36. The van der Waals surface area contributed by atoms with E-state index >= 15 is 0 Å². The minimum absolute atomic E-state index is 0.0163. The molecule has 6 nitrogen and oxygen atoms in total. The predicted octanol–water partition coefficient (Wildman–Crippen LogP) is 2.07. The van der Waals surface area contributed by atoms with Crippen LogP contribution in [0.4, 0.5) is 4.39 Å². The van der Waals surface area contributed by atoms with Gasteiger partial charge in [-0.25, -0.2) is 17.6 Å². The topological polar surface area (TPSA) is 72.9 Å². The highest BCUT2D eigenvalue weighted by Crippen LogP contribution is 2.21. The molecule has 0 atom stereocenters. The molecule has 1 saturated heterocycles. The largest absolute Gasteiger partial charge is 0.420 e. The maximum atomic E-state index is 13.6. The van der Waals surface area contributed by atoms with E-state index in [4.69, 9.17) is 9.47 Å². The van der Waals surface area contributed by atoms with Crippen LogP contribution in [-0.4, -0.2) is 45.0 Å². The molecule has 0 spiro atoms. The molecule has 0 N–H and O–H groups in total. The number of esters is 1. The lowest BCUT2D eigenvalue weighted by Gasteiger charge is -2.26. The van der Waals surface area contributed by atoms with Gasteiger partial charge in [-0.05, 0) is 30.3 Å². The van der Waals surface area contributed by atoms with Gasteiger partial charge in [0, 0.05) is 13.1 Å². The molecule has 132 valence electrons. The first-order valence-electron chi connectivity index (χ1n) is 7.63. The molecule has 0 amide bonds. The number of carbonyl (C=O) groups is 1. The van der Waals surface area contributed by atoms with Crippen molar-refractivity contribution < 1.29 is 27.1 Å². The number of hydrogen-bond donors (Lipinski definition) is 0. The number of carbonyl (C=O) groups excluding carboxylic acids is 1. The van der Waals surface area contributed by atoms with Crippen LogP contribution in [0.5, 0.6) is 5.75 Å². The molecule has 1 heterocycles. The van der Waals surface area contributed by atoms with Crippen molar-refractivity contribution >= 4 is 16.0 Å². The Kier molecular flexibility index (Phi) is 5.12. The molecule has 0 aliphatic carbocycles. The third kappa shape index (κ3) is 3.87. The number of rotatable bonds is 4. The van der Waals surface area contributed by atoms with Gasteiger partial charge in [0.05, 0.1) is 23.7 Å². The normalized spacial score (nSPS) is 15.7. The predicted molar refractivity (Wildman–Crippen MR) is 87.4 cm³/mol. The van der Waals surface area contributed by atoms with Gasteiger partial charge in [-0.1, -0.05) is 18.2 Å². The second kappa shape index (κ2) is 7.30. The highest BCUT2D eigenvalue weighted by molar-refractivity contribution is 7.89. The number of sulfonamides is 1. The fraction of sp³-hybridized carbons (Fsp3) is 0.235. The Morgan fingerprint density at radius 2 is 1.80 bits per heavy atom. The molecule has 1 aliphatic heterocycles. The highest BCUT2D eigenvalue weighted by atomic mass is 32.2. The van der Waals surface area contributed by atoms with E-state index in [2.05, 4.69) is 0 Å². The Morgan fingerprint density at radius 3 is 2.52 bits per heavy atom. The van der Waals surface area contributed by atoms with Gasteiger partial charge in [-0.3, -0.25) is 0 Å². The molecule has 2 aromatic rings. The Hall–Kier alpha value is -2.29. The van der Waals surface area contributed by atoms with Gasteiger partial charge in [0.15, 0.2) is 11.6 Å². The Morgan fingerprint density at radius 1 is 1.08 bits per heavy atom. The van der Waals surface area contributed by atoms with Crippen molar-refractivity contribution in [3.05, 3.63) is 59.9 Å². The van der Waals surface area contributed by atoms with E-state index in [0.717, 1.165) is 0 Å². The van der Waals surface area contributed by atoms with E-state index in [0.29, 0.717) is 13.2 Å². The van der Waals surface area contributed by atoms with Crippen molar-refractivity contribution in [3.63, 3.8) is 0 Å². The third-order valence-electron chi connectivity index (χ3n) is 3.72. The molecule has 0 bridgehead atoms. The summed E-state index contributed by atoms with van der Waals surface area (Å²) < 4.78 is 50.3. The first-order chi connectivity index (χ1) is 12.0. The standard InChI is InChI=1S/C17H16FNO5S/c18-15-6-1-2-7-16(15)24-17(20)13-4-3-5-14(12-13)25(21,22)19-8-10-23-11-9-19/h1-7,12H,8-11H2. The molecule has 2 aromatic carbocycles. The number of halogens is 1. The number of benzene rings is 2. The smallest absolute Gasteiger partial charge is 0.343 e. The summed E-state index contributed by atoms with van der Waals surface area (Å²) >= 11 is 0. The van der Waals surface area contributed by atoms with E-state index in [1.165, 1.54) is 52.8 Å². The maximum absolute atomic E-state index is 13.6. The number of morpholine rings is 1. The van der Waals surface area contributed by atoms with Crippen LogP contribution in [0.2, 0.25) is 0 Å². The van der Waals surface area contributed by atoms with Gasteiger partial charge in [-0.15, -0.1) is 0 Å². The van der Waals surface area contributed by atoms with Gasteiger partial charge in [-0.2, -0.15) is 4.31 Å². The molecule has 0 aromatic heterocycles. The highest BCUT2D eigenvalue weighted by Gasteiger charge is 2.27. The molecule has 3 rings (SSSR count). The lowest BCUT2D eigenvalue weighted by atomic mass is 10.2. The number of ether oxygens (including phenoxy) is 2. The van der Waals surface area contributed by atoms with Crippen molar-refractivity contribution in [2.24, 2.45) is 0 Å². The van der Waals surface area contributed by atoms with E-state index in [-0.39, 0.29) is 29.3 Å². The zero-order chi connectivity index (χ0) is 17.9. The van der Waals surface area contributed by atoms with Crippen LogP contribution in [-0.2, 0) is 14.8 Å². The Labute approximate surface area is 144 Å². The van der Waals surface area contributed by atoms with E-state index in [1.54, 1.807) is 0 Å². The number of nitrogens with zero attached hydrogens (tertiary/aromatic N) is 1. The van der Waals surface area contributed by atoms with Gasteiger partial charge >= 0.3 is 5.97 Å². The summed E-state index contributed by atoms with van der Waals surface area (Å²) in [5, 5.41) is 0. The summed E-state index contributed by atoms with van der Waals surface area (Å²) in [5.41, 5.74) is 0.0255. The molecule has 1 aliphatic rings. The van der Waals surface area contributed by atoms with Crippen molar-refractivity contribution in [2.75, 3.05) is 26.3 Å². The summed E-state index contributed by atoms with van der Waals surface area (Å²) in [5.74, 6) is -1.72. The van der Waals surface area contributed by atoms with Crippen LogP contribution in [0.1, 0.15) is 10.4 Å². The van der Waals surface area contributed by atoms with E-state index in [1.807, 2.05) is 0 Å². The van der Waals surface area contributed by atoms with Crippen molar-refractivity contribution in [3.8, 4) is 5.75 Å². The van der Waals surface area contributed by atoms with Crippen LogP contribution >= 0.6 is 0 Å². The number of para-hydroxylation sites is 1. The molecule has 0 radical (unpaired) electrons. The zero-order valence-corrected chi connectivity index (χ0v) is 14.0. The average molecular weight is 365 g/mol. The van der Waals surface area contributed by atoms with E-state index in [9.17, 15) is 17.6 Å². The molecule has 0 unspecified atom stereocenters. The lowest BCUT2D eigenvalue weighted by Crippen LogP contribution is -2.40. The quantitative estimate of drug-likeness (QED) is 0.613. The van der Waals surface area contributed by atoms with Gasteiger partial charge in [0.25, 0.3) is 0 Å². The molecular weight excluding hydrogens is 349 g/mol. The van der Waals surface area contributed by atoms with Crippen molar-refractivity contribution in [1.29, 1.82) is 0 Å². The van der Waals surface area contributed by atoms with Crippen molar-refractivity contribution in [2.45, 2.75) is 4.90 Å². The first-order valence-corrected chi connectivity index (χ1v) is 9.07. The maximum Gasteiger partial charge on any atom is 0.343 e. The van der Waals surface area contributed by atoms with Crippen molar-refractivity contribution in [1.82, 2.24) is 4.31 Å². The minimum Gasteiger partial charge on any atom is -0.420 e. The van der Waals surface area contributed by atoms with Gasteiger partial charge in [0.2, 0.25) is 10.0 Å². The molecular formula is C17H16FNO5S. The average Bonchev–Trinajstić information content (AvgIpc) is 2.64. The minimum atomic E-state index is -3.73. The van der Waals surface area contributed by atoms with Crippen LogP contribution in [0.25, 0.3) is 0 Å². The number of hydrogen-bond acceptors (Lipinski definition) is 5. The molecule has 25 heavy (non-hydrogen) atoms. The van der Waals surface area contributed by atoms with Gasteiger partial charge in [0.1, 0.15) is 0 Å². The van der Waals surface area contributed by atoms with Crippen LogP contribution in [0, 0.1) is 5.82 Å². The summed E-state index contributed by atoms with van der Waals surface area (Å²) in [6.07, 6.45) is 0. The van der Waals surface area contributed by atoms with Crippen LogP contribution in [0.3, 0.4) is 0 Å². The van der Waals surface area contributed by atoms with Crippen LogP contribution < -0.4 is 4.74 Å². The fourth-order valence-electron chi connectivity index (χ4n) is 2.41. The summed E-state index contributed by atoms with van der Waals surface area (Å²) in [6.45, 7) is 1.17. The Bertz CT molecular complexity index is 878. The molecule has 0 saturated carbocycles. The molecule has 8 heteroatoms. The van der Waals surface area contributed by atoms with Gasteiger partial charge < -0.3 is 9.47 Å². The Balaban J connectivity index is 1.83. The van der Waals surface area contributed by atoms with Crippen LogP contribution in [0.15, 0.2) is 53.4 Å². The fourth-order valence-corrected chi connectivity index (χ4v) is 3.86. The second-order valence-corrected chi connectivity index (χ2v) is 7.30. The third-order valence-corrected chi connectivity index (χ3v) is 5.61. The zero-order valence-electron chi connectivity index (χ0n) is 13.2. The summed E-state index contributed by atoms with van der Waals surface area (Å²) in [4.78, 5) is 12.2.